The van der Waals surface area contributed by atoms with E-state index in [1.807, 2.05) is 0 Å². The molecule has 1 amide bonds. The van der Waals surface area contributed by atoms with Gasteiger partial charge in [-0.1, -0.05) is 34.6 Å². The van der Waals surface area contributed by atoms with E-state index in [4.69, 9.17) is 4.98 Å². The van der Waals surface area contributed by atoms with Crippen LogP contribution in [-0.2, 0) is 16.6 Å². The van der Waals surface area contributed by atoms with Crippen molar-refractivity contribution < 1.29 is 4.79 Å². The van der Waals surface area contributed by atoms with Gasteiger partial charge in [-0.15, -0.1) is 11.3 Å². The first-order valence-electron chi connectivity index (χ1n) is 8.76. The molecule has 0 spiro atoms. The number of likely N-dealkylation sites (N-methyl/N-ethyl adjacent to an activating group) is 1. The molecule has 2 N–H and O–H groups in total. The summed E-state index contributed by atoms with van der Waals surface area (Å²) < 4.78 is 0. The number of rotatable bonds is 7. The minimum absolute atomic E-state index is 0.0139. The lowest BCUT2D eigenvalue weighted by Crippen LogP contribution is -2.41. The lowest BCUT2D eigenvalue weighted by atomic mass is 9.98. The second-order valence-corrected chi connectivity index (χ2v) is 8.66. The van der Waals surface area contributed by atoms with E-state index >= 15 is 0 Å². The monoisotopic (exact) mass is 367 g/mol. The Bertz CT molecular complexity index is 572. The number of carbonyl (C=O) groups is 1. The number of nitrogens with one attached hydrogen (secondary N) is 2. The highest BCUT2D eigenvalue weighted by atomic mass is 32.1. The minimum Gasteiger partial charge on any atom is -0.356 e. The quantitative estimate of drug-likeness (QED) is 0.573. The first-order chi connectivity index (χ1) is 11.6. The molecule has 0 unspecified atom stereocenters. The lowest BCUT2D eigenvalue weighted by Gasteiger charge is -2.15. The minimum atomic E-state index is -0.0139. The van der Waals surface area contributed by atoms with Crippen molar-refractivity contribution in [3.8, 4) is 0 Å². The first kappa shape index (κ1) is 21.4. The molecule has 142 valence electrons. The van der Waals surface area contributed by atoms with Crippen LogP contribution in [0.2, 0.25) is 0 Å². The SMILES string of the molecule is CC(C)CNC(=NCC(=O)N(C)C)NCCc1csc(C(C)(C)C)n1. The molecule has 0 aliphatic heterocycles. The third-order valence-corrected chi connectivity index (χ3v) is 4.73. The molecule has 6 nitrogen and oxygen atoms in total. The Balaban J connectivity index is 2.57. The Kier molecular flexibility index (Phi) is 8.35. The zero-order valence-corrected chi connectivity index (χ0v) is 17.5. The second-order valence-electron chi connectivity index (χ2n) is 7.80. The van der Waals surface area contributed by atoms with Gasteiger partial charge in [0.25, 0.3) is 0 Å². The third kappa shape index (κ3) is 8.34. The number of thiazole rings is 1. The molecule has 0 aliphatic carbocycles. The van der Waals surface area contributed by atoms with E-state index in [1.54, 1.807) is 30.3 Å². The summed E-state index contributed by atoms with van der Waals surface area (Å²) in [4.78, 5) is 22.4. The van der Waals surface area contributed by atoms with Crippen LogP contribution in [0, 0.1) is 5.92 Å². The van der Waals surface area contributed by atoms with Gasteiger partial charge in [0, 0.05) is 44.4 Å². The summed E-state index contributed by atoms with van der Waals surface area (Å²) in [5.41, 5.74) is 1.18. The van der Waals surface area contributed by atoms with Crippen LogP contribution in [0.3, 0.4) is 0 Å². The van der Waals surface area contributed by atoms with Crippen molar-refractivity contribution in [3.05, 3.63) is 16.1 Å². The Hall–Kier alpha value is -1.63. The fourth-order valence-corrected chi connectivity index (χ4v) is 2.78. The molecule has 1 heterocycles. The zero-order valence-electron chi connectivity index (χ0n) is 16.6. The van der Waals surface area contributed by atoms with E-state index in [0.29, 0.717) is 11.9 Å². The van der Waals surface area contributed by atoms with Gasteiger partial charge >= 0.3 is 0 Å². The summed E-state index contributed by atoms with van der Waals surface area (Å²) in [5.74, 6) is 1.17. The topological polar surface area (TPSA) is 69.6 Å². The van der Waals surface area contributed by atoms with Crippen molar-refractivity contribution >= 4 is 23.2 Å². The molecular weight excluding hydrogens is 334 g/mol. The van der Waals surface area contributed by atoms with Crippen molar-refractivity contribution in [1.29, 1.82) is 0 Å². The first-order valence-corrected chi connectivity index (χ1v) is 9.64. The van der Waals surface area contributed by atoms with Gasteiger partial charge in [0.15, 0.2) is 5.96 Å². The molecule has 7 heteroatoms. The molecule has 1 rings (SSSR count). The summed E-state index contributed by atoms with van der Waals surface area (Å²) in [6.45, 7) is 12.5. The van der Waals surface area contributed by atoms with E-state index in [2.05, 4.69) is 55.6 Å². The molecular formula is C18H33N5OS. The van der Waals surface area contributed by atoms with Gasteiger partial charge in [0.2, 0.25) is 5.91 Å². The molecule has 0 saturated carbocycles. The molecule has 0 radical (unpaired) electrons. The van der Waals surface area contributed by atoms with Gasteiger partial charge in [-0.05, 0) is 5.92 Å². The Labute approximate surface area is 156 Å². The van der Waals surface area contributed by atoms with Crippen LogP contribution >= 0.6 is 11.3 Å². The van der Waals surface area contributed by atoms with Gasteiger partial charge in [0.05, 0.1) is 10.7 Å². The smallest absolute Gasteiger partial charge is 0.243 e. The summed E-state index contributed by atoms with van der Waals surface area (Å²) in [6.07, 6.45) is 0.830. The summed E-state index contributed by atoms with van der Waals surface area (Å²) in [6, 6.07) is 0. The van der Waals surface area contributed by atoms with Crippen molar-refractivity contribution in [2.45, 2.75) is 46.5 Å². The summed E-state index contributed by atoms with van der Waals surface area (Å²) in [7, 11) is 3.48. The average Bonchev–Trinajstić information content (AvgIpc) is 2.97. The van der Waals surface area contributed by atoms with Crippen molar-refractivity contribution in [3.63, 3.8) is 0 Å². The third-order valence-electron chi connectivity index (χ3n) is 3.42. The maximum absolute atomic E-state index is 11.7. The fraction of sp³-hybridized carbons (Fsp3) is 0.722. The van der Waals surface area contributed by atoms with Gasteiger partial charge in [-0.2, -0.15) is 0 Å². The van der Waals surface area contributed by atoms with E-state index < -0.39 is 0 Å². The van der Waals surface area contributed by atoms with Gasteiger partial charge in [0.1, 0.15) is 6.54 Å². The molecule has 0 atom stereocenters. The molecule has 0 bridgehead atoms. The molecule has 1 aromatic rings. The van der Waals surface area contributed by atoms with E-state index in [1.165, 1.54) is 0 Å². The molecule has 0 saturated heterocycles. The zero-order chi connectivity index (χ0) is 19.0. The largest absolute Gasteiger partial charge is 0.356 e. The predicted octanol–water partition coefficient (Wildman–Crippen LogP) is 2.26. The number of nitrogens with zero attached hydrogens (tertiary/aromatic N) is 3. The molecule has 0 aromatic carbocycles. The summed E-state index contributed by atoms with van der Waals surface area (Å²) >= 11 is 1.71. The number of aliphatic imine (C=N–C) groups is 1. The van der Waals surface area contributed by atoms with Crippen molar-refractivity contribution in [2.24, 2.45) is 10.9 Å². The predicted molar refractivity (Wildman–Crippen MR) is 106 cm³/mol. The maximum atomic E-state index is 11.7. The fourth-order valence-electron chi connectivity index (χ4n) is 1.84. The van der Waals surface area contributed by atoms with Crippen LogP contribution in [0.5, 0.6) is 0 Å². The average molecular weight is 368 g/mol. The van der Waals surface area contributed by atoms with Crippen LogP contribution in [0.15, 0.2) is 10.4 Å². The van der Waals surface area contributed by atoms with Crippen molar-refractivity contribution in [2.75, 3.05) is 33.7 Å². The number of aromatic nitrogens is 1. The second kappa shape index (κ2) is 9.75. The maximum Gasteiger partial charge on any atom is 0.243 e. The van der Waals surface area contributed by atoms with Crippen LogP contribution in [0.1, 0.15) is 45.3 Å². The van der Waals surface area contributed by atoms with Gasteiger partial charge in [-0.25, -0.2) is 9.98 Å². The number of amides is 1. The number of guanidine groups is 1. The highest BCUT2D eigenvalue weighted by Crippen LogP contribution is 2.25. The standard InChI is InChI=1S/C18H33N5OS/c1-13(2)10-20-17(21-11-15(24)23(6)7)19-9-8-14-12-25-16(22-14)18(3,4)5/h12-13H,8-11H2,1-7H3,(H2,19,20,21). The van der Waals surface area contributed by atoms with E-state index in [0.717, 1.165) is 30.2 Å². The number of carbonyl (C=O) groups excluding carboxylic acids is 1. The van der Waals surface area contributed by atoms with Gasteiger partial charge < -0.3 is 15.5 Å². The normalized spacial score (nSPS) is 12.4. The highest BCUT2D eigenvalue weighted by molar-refractivity contribution is 7.09. The molecule has 1 aromatic heterocycles. The molecule has 0 aliphatic rings. The number of hydrogen-bond acceptors (Lipinski definition) is 4. The summed E-state index contributed by atoms with van der Waals surface area (Å²) in [5, 5.41) is 9.86. The Morgan fingerprint density at radius 3 is 2.52 bits per heavy atom. The highest BCUT2D eigenvalue weighted by Gasteiger charge is 2.17. The Morgan fingerprint density at radius 2 is 2.00 bits per heavy atom. The molecule has 0 fully saturated rings. The van der Waals surface area contributed by atoms with E-state index in [9.17, 15) is 4.79 Å². The number of hydrogen-bond donors (Lipinski definition) is 2. The van der Waals surface area contributed by atoms with Crippen LogP contribution in [0.4, 0.5) is 0 Å². The van der Waals surface area contributed by atoms with Crippen LogP contribution < -0.4 is 10.6 Å². The van der Waals surface area contributed by atoms with Gasteiger partial charge in [-0.3, -0.25) is 4.79 Å². The van der Waals surface area contributed by atoms with E-state index in [-0.39, 0.29) is 17.9 Å². The van der Waals surface area contributed by atoms with Crippen LogP contribution in [0.25, 0.3) is 0 Å². The molecule has 25 heavy (non-hydrogen) atoms. The van der Waals surface area contributed by atoms with Crippen molar-refractivity contribution in [1.82, 2.24) is 20.5 Å². The lowest BCUT2D eigenvalue weighted by molar-refractivity contribution is -0.127. The Morgan fingerprint density at radius 1 is 1.32 bits per heavy atom. The van der Waals surface area contributed by atoms with Crippen LogP contribution in [-0.4, -0.2) is 55.5 Å².